The smallest absolute Gasteiger partial charge is 0.133 e. The van der Waals surface area contributed by atoms with E-state index >= 15 is 0 Å². The lowest BCUT2D eigenvalue weighted by atomic mass is 10.3. The summed E-state index contributed by atoms with van der Waals surface area (Å²) >= 11 is 3.50. The van der Waals surface area contributed by atoms with E-state index in [1.807, 2.05) is 127 Å². The summed E-state index contributed by atoms with van der Waals surface area (Å²) in [6.45, 7) is 42.0. The van der Waals surface area contributed by atoms with Gasteiger partial charge in [-0.2, -0.15) is 11.3 Å². The van der Waals surface area contributed by atoms with E-state index in [0.29, 0.717) is 0 Å². The number of rotatable bonds is 0. The van der Waals surface area contributed by atoms with Gasteiger partial charge in [0, 0.05) is 21.8 Å². The van der Waals surface area contributed by atoms with Crippen LogP contribution in [0, 0.1) is 23.7 Å². The van der Waals surface area contributed by atoms with Crippen LogP contribution in [0.25, 0.3) is 32.0 Å². The summed E-state index contributed by atoms with van der Waals surface area (Å²) in [5.41, 5.74) is 2.16. The molecule has 3 aromatic carbocycles. The Hall–Kier alpha value is -3.60. The highest BCUT2D eigenvalue weighted by molar-refractivity contribution is 7.17. The van der Waals surface area contributed by atoms with Gasteiger partial charge >= 0.3 is 0 Å². The Bertz CT molecular complexity index is 1340. The summed E-state index contributed by atoms with van der Waals surface area (Å²) in [7, 11) is 0. The Morgan fingerprint density at radius 2 is 0.821 bits per heavy atom. The van der Waals surface area contributed by atoms with Crippen molar-refractivity contribution in [1.29, 1.82) is 0 Å². The first-order chi connectivity index (χ1) is 26.8. The molecular weight excluding hydrogens is 719 g/mol. The second-order valence-electron chi connectivity index (χ2n) is 13.7. The first-order valence-corrected chi connectivity index (χ1v) is 23.0. The van der Waals surface area contributed by atoms with E-state index in [0.717, 1.165) is 34.6 Å². The second kappa shape index (κ2) is 47.6. The van der Waals surface area contributed by atoms with Crippen LogP contribution in [-0.2, 0) is 0 Å². The van der Waals surface area contributed by atoms with Crippen LogP contribution in [0.2, 0.25) is 0 Å². The van der Waals surface area contributed by atoms with Crippen LogP contribution in [0.15, 0.2) is 136 Å². The van der Waals surface area contributed by atoms with Gasteiger partial charge in [-0.15, -0.1) is 11.3 Å². The van der Waals surface area contributed by atoms with Crippen LogP contribution in [0.4, 0.5) is 0 Å². The topological polar surface area (TPSA) is 28.9 Å². The predicted octanol–water partition coefficient (Wildman–Crippen LogP) is 20.0. The van der Waals surface area contributed by atoms with E-state index in [-0.39, 0.29) is 0 Å². The van der Waals surface area contributed by atoms with E-state index < -0.39 is 0 Å². The molecule has 0 atom stereocenters. The molecule has 318 valence electrons. The second-order valence-corrected chi connectivity index (χ2v) is 15.5. The zero-order valence-electron chi connectivity index (χ0n) is 39.7. The Morgan fingerprint density at radius 1 is 0.411 bits per heavy atom. The Kier molecular flexibility index (Phi) is 52.3. The third kappa shape index (κ3) is 44.8. The maximum Gasteiger partial charge on any atom is 0.133 e. The molecule has 0 aliphatic rings. The minimum Gasteiger partial charge on any atom is -0.464 e. The monoisotopic (exact) mass is 806 g/mol. The van der Waals surface area contributed by atoms with Crippen molar-refractivity contribution in [1.82, 2.24) is 4.98 Å². The van der Waals surface area contributed by atoms with Crippen molar-refractivity contribution in [2.24, 2.45) is 23.7 Å². The standard InChI is InChI=1S/C8H7N.C8H6O.C8H6S.C4H4S.4C4H10.4C2H6/c3*1-2-4-8-7(3-1)5-6-9-8;1-2-4-5-3-1;4*1-4(2)3;4*1-2/h1-6,9H;2*1-6H;1-4H;4*4H,1-3H3;4*1-2H3. The Morgan fingerprint density at radius 3 is 1.23 bits per heavy atom. The van der Waals surface area contributed by atoms with Gasteiger partial charge in [-0.1, -0.05) is 205 Å². The lowest BCUT2D eigenvalue weighted by molar-refractivity contribution is 0.616. The Labute approximate surface area is 356 Å². The molecule has 0 radical (unpaired) electrons. The average Bonchev–Trinajstić information content (AvgIpc) is 4.03. The van der Waals surface area contributed by atoms with Gasteiger partial charge in [0.05, 0.1) is 6.26 Å². The van der Waals surface area contributed by atoms with Crippen LogP contribution in [-0.4, -0.2) is 4.98 Å². The van der Waals surface area contributed by atoms with Crippen molar-refractivity contribution in [3.05, 3.63) is 132 Å². The van der Waals surface area contributed by atoms with Gasteiger partial charge in [0.25, 0.3) is 0 Å². The van der Waals surface area contributed by atoms with Crippen molar-refractivity contribution < 1.29 is 4.42 Å². The van der Waals surface area contributed by atoms with Crippen LogP contribution < -0.4 is 0 Å². The maximum atomic E-state index is 5.12. The molecule has 0 saturated heterocycles. The average molecular weight is 806 g/mol. The predicted molar refractivity (Wildman–Crippen MR) is 268 cm³/mol. The fraction of sp³-hybridized carbons (Fsp3) is 0.462. The number of aromatic amines is 1. The first-order valence-electron chi connectivity index (χ1n) is 21.2. The zero-order valence-corrected chi connectivity index (χ0v) is 41.4. The molecule has 1 N–H and O–H groups in total. The number of hydrogen-bond donors (Lipinski definition) is 1. The summed E-state index contributed by atoms with van der Waals surface area (Å²) in [6, 6.07) is 34.8. The number of benzene rings is 3. The molecule has 0 aliphatic heterocycles. The molecule has 7 rings (SSSR count). The molecule has 4 heteroatoms. The van der Waals surface area contributed by atoms with E-state index in [4.69, 9.17) is 4.42 Å². The first kappa shape index (κ1) is 61.6. The summed E-state index contributed by atoms with van der Waals surface area (Å²) in [4.78, 5) is 3.12. The Balaban J connectivity index is -0.000000177. The fourth-order valence-electron chi connectivity index (χ4n) is 3.03. The van der Waals surface area contributed by atoms with Gasteiger partial charge in [-0.25, -0.2) is 0 Å². The van der Waals surface area contributed by atoms with Gasteiger partial charge in [0.2, 0.25) is 0 Å². The van der Waals surface area contributed by atoms with Crippen LogP contribution in [0.1, 0.15) is 138 Å². The lowest BCUT2D eigenvalue weighted by Gasteiger charge is -1.83. The quantitative estimate of drug-likeness (QED) is 0.162. The molecule has 4 aromatic heterocycles. The van der Waals surface area contributed by atoms with Crippen molar-refractivity contribution in [2.75, 3.05) is 0 Å². The summed E-state index contributed by atoms with van der Waals surface area (Å²) in [6.07, 6.45) is 3.65. The highest BCUT2D eigenvalue weighted by atomic mass is 32.1. The third-order valence-electron chi connectivity index (χ3n) is 4.61. The van der Waals surface area contributed by atoms with Crippen molar-refractivity contribution in [2.45, 2.75) is 138 Å². The SMILES string of the molecule is CC.CC.CC.CC.CC(C)C.CC(C)C.CC(C)C.CC(C)C.c1ccc2[nH]ccc2c1.c1ccc2occc2c1.c1ccc2sccc2c1.c1ccsc1. The van der Waals surface area contributed by atoms with E-state index in [1.54, 1.807) is 28.9 Å². The molecule has 0 spiro atoms. The maximum absolute atomic E-state index is 5.12. The zero-order chi connectivity index (χ0) is 44.2. The third-order valence-corrected chi connectivity index (χ3v) is 6.14. The van der Waals surface area contributed by atoms with Crippen molar-refractivity contribution >= 4 is 54.6 Å². The molecule has 56 heavy (non-hydrogen) atoms. The van der Waals surface area contributed by atoms with Gasteiger partial charge in [-0.05, 0) is 87.0 Å². The minimum absolute atomic E-state index is 0.833. The van der Waals surface area contributed by atoms with Crippen molar-refractivity contribution in [3.8, 4) is 0 Å². The molecule has 2 nitrogen and oxygen atoms in total. The van der Waals surface area contributed by atoms with Crippen LogP contribution in [0.3, 0.4) is 0 Å². The molecule has 7 aromatic rings. The highest BCUT2D eigenvalue weighted by Crippen LogP contribution is 2.19. The number of H-pyrrole nitrogens is 1. The summed E-state index contributed by atoms with van der Waals surface area (Å²) < 4.78 is 6.49. The van der Waals surface area contributed by atoms with E-state index in [1.165, 1.54) is 21.0 Å². The van der Waals surface area contributed by atoms with Crippen LogP contribution in [0.5, 0.6) is 0 Å². The highest BCUT2D eigenvalue weighted by Gasteiger charge is 1.90. The number of thiophene rings is 2. The largest absolute Gasteiger partial charge is 0.464 e. The normalized spacial score (nSPS) is 8.64. The van der Waals surface area contributed by atoms with Gasteiger partial charge in [0.1, 0.15) is 5.58 Å². The molecule has 0 fully saturated rings. The number of para-hydroxylation sites is 2. The van der Waals surface area contributed by atoms with Gasteiger partial charge < -0.3 is 9.40 Å². The van der Waals surface area contributed by atoms with Gasteiger partial charge in [-0.3, -0.25) is 0 Å². The summed E-state index contributed by atoms with van der Waals surface area (Å²) in [5, 5.41) is 9.99. The number of nitrogens with one attached hydrogen (secondary N) is 1. The molecule has 0 bridgehead atoms. The molecule has 0 aliphatic carbocycles. The van der Waals surface area contributed by atoms with Gasteiger partial charge in [0.15, 0.2) is 0 Å². The fourth-order valence-corrected chi connectivity index (χ4v) is 4.28. The molecule has 4 heterocycles. The number of hydrogen-bond acceptors (Lipinski definition) is 3. The lowest BCUT2D eigenvalue weighted by Crippen LogP contribution is -1.66. The number of fused-ring (bicyclic) bond motifs is 3. The summed E-state index contributed by atoms with van der Waals surface area (Å²) in [5.74, 6) is 3.33. The molecular formula is C52H87NOS2. The van der Waals surface area contributed by atoms with E-state index in [9.17, 15) is 0 Å². The molecule has 0 saturated carbocycles. The number of aromatic nitrogens is 1. The number of furan rings is 1. The molecule has 0 amide bonds. The molecule has 0 unspecified atom stereocenters. The van der Waals surface area contributed by atoms with E-state index in [2.05, 4.69) is 142 Å². The van der Waals surface area contributed by atoms with Crippen molar-refractivity contribution in [3.63, 3.8) is 0 Å². The minimum atomic E-state index is 0.833. The van der Waals surface area contributed by atoms with Crippen LogP contribution >= 0.6 is 22.7 Å².